The summed E-state index contributed by atoms with van der Waals surface area (Å²) in [4.78, 5) is 14.3. The number of esters is 1. The molecule has 0 radical (unpaired) electrons. The van der Waals surface area contributed by atoms with E-state index in [0.717, 1.165) is 26.1 Å². The van der Waals surface area contributed by atoms with E-state index in [1.54, 1.807) is 0 Å². The van der Waals surface area contributed by atoms with Gasteiger partial charge in [0.15, 0.2) is 0 Å². The molecule has 0 aromatic carbocycles. The number of rotatable bonds is 5. The predicted molar refractivity (Wildman–Crippen MR) is 83.5 cm³/mol. The van der Waals surface area contributed by atoms with Crippen LogP contribution >= 0.6 is 11.3 Å². The van der Waals surface area contributed by atoms with Crippen molar-refractivity contribution in [3.63, 3.8) is 0 Å². The van der Waals surface area contributed by atoms with Crippen molar-refractivity contribution >= 4 is 28.0 Å². The summed E-state index contributed by atoms with van der Waals surface area (Å²) in [6.45, 7) is 5.05. The Bertz CT molecular complexity index is 564. The summed E-state index contributed by atoms with van der Waals surface area (Å²) in [5.74, 6) is -0.502. The van der Waals surface area contributed by atoms with Gasteiger partial charge in [0.05, 0.1) is 12.8 Å². The quantitative estimate of drug-likeness (QED) is 0.807. The lowest BCUT2D eigenvalue weighted by Crippen LogP contribution is -2.34. The Hall–Kier alpha value is -1.78. The number of carbonyl (C=O) groups is 1. The van der Waals surface area contributed by atoms with Crippen LogP contribution in [0.25, 0.3) is 0 Å². The lowest BCUT2D eigenvalue weighted by Gasteiger charge is -2.23. The first kappa shape index (κ1) is 15.6. The van der Waals surface area contributed by atoms with Crippen molar-refractivity contribution < 1.29 is 9.53 Å². The average molecular weight is 308 g/mol. The second-order valence-electron chi connectivity index (χ2n) is 4.96. The molecular formula is C14H20N4O2S. The topological polar surface area (TPSA) is 91.4 Å². The highest BCUT2D eigenvalue weighted by atomic mass is 32.1. The van der Waals surface area contributed by atoms with Gasteiger partial charge in [-0.15, -0.1) is 11.3 Å². The zero-order valence-corrected chi connectivity index (χ0v) is 13.1. The molecule has 0 spiro atoms. The molecule has 1 aliphatic rings. The third kappa shape index (κ3) is 3.12. The van der Waals surface area contributed by atoms with Crippen molar-refractivity contribution in [3.8, 4) is 6.07 Å². The van der Waals surface area contributed by atoms with Crippen LogP contribution in [-0.2, 0) is 4.74 Å². The van der Waals surface area contributed by atoms with E-state index in [2.05, 4.69) is 27.9 Å². The minimum atomic E-state index is -0.502. The van der Waals surface area contributed by atoms with Crippen LogP contribution in [0.15, 0.2) is 0 Å². The van der Waals surface area contributed by atoms with Gasteiger partial charge in [0.25, 0.3) is 0 Å². The van der Waals surface area contributed by atoms with E-state index < -0.39 is 5.97 Å². The largest absolute Gasteiger partial charge is 0.465 e. The maximum Gasteiger partial charge on any atom is 0.350 e. The number of methoxy groups -OCH3 is 1. The molecule has 1 atom stereocenters. The summed E-state index contributed by atoms with van der Waals surface area (Å²) in [7, 11) is 1.30. The van der Waals surface area contributed by atoms with E-state index in [4.69, 9.17) is 5.73 Å². The van der Waals surface area contributed by atoms with Crippen molar-refractivity contribution in [3.05, 3.63) is 10.4 Å². The molecule has 2 rings (SSSR count). The summed E-state index contributed by atoms with van der Waals surface area (Å²) in [5.41, 5.74) is 6.40. The molecule has 0 amide bonds. The number of ether oxygens (including phenoxy) is 1. The van der Waals surface area contributed by atoms with Crippen molar-refractivity contribution in [2.24, 2.45) is 0 Å². The third-order valence-electron chi connectivity index (χ3n) is 3.83. The SMILES string of the molecule is CCN1CCCC1CNc1sc(C(=O)OC)c(N)c1C#N. The minimum Gasteiger partial charge on any atom is -0.465 e. The van der Waals surface area contributed by atoms with Crippen molar-refractivity contribution in [2.45, 2.75) is 25.8 Å². The molecule has 1 fully saturated rings. The van der Waals surface area contributed by atoms with Crippen LogP contribution in [0.1, 0.15) is 35.0 Å². The molecule has 7 heteroatoms. The molecule has 1 aliphatic heterocycles. The molecule has 1 saturated heterocycles. The number of likely N-dealkylation sites (tertiary alicyclic amines) is 1. The van der Waals surface area contributed by atoms with Gasteiger partial charge in [-0.2, -0.15) is 5.26 Å². The zero-order chi connectivity index (χ0) is 15.4. The Kier molecular flexibility index (Phi) is 5.04. The van der Waals surface area contributed by atoms with Crippen LogP contribution in [0.2, 0.25) is 0 Å². The van der Waals surface area contributed by atoms with E-state index >= 15 is 0 Å². The number of nitrogens with one attached hydrogen (secondary N) is 1. The van der Waals surface area contributed by atoms with Crippen LogP contribution in [-0.4, -0.2) is 43.7 Å². The molecule has 3 N–H and O–H groups in total. The minimum absolute atomic E-state index is 0.204. The molecule has 0 aliphatic carbocycles. The molecule has 21 heavy (non-hydrogen) atoms. The van der Waals surface area contributed by atoms with Crippen molar-refractivity contribution in [1.82, 2.24) is 4.90 Å². The number of hydrogen-bond donors (Lipinski definition) is 2. The molecule has 1 aromatic heterocycles. The number of carbonyl (C=O) groups excluding carboxylic acids is 1. The summed E-state index contributed by atoms with van der Waals surface area (Å²) < 4.78 is 4.69. The second-order valence-corrected chi connectivity index (χ2v) is 5.98. The number of nitrogen functional groups attached to an aromatic ring is 1. The maximum absolute atomic E-state index is 11.6. The van der Waals surface area contributed by atoms with E-state index in [1.165, 1.54) is 24.9 Å². The van der Waals surface area contributed by atoms with Crippen LogP contribution in [0, 0.1) is 11.3 Å². The van der Waals surface area contributed by atoms with E-state index in [-0.39, 0.29) is 10.6 Å². The highest BCUT2D eigenvalue weighted by molar-refractivity contribution is 7.18. The van der Waals surface area contributed by atoms with Gasteiger partial charge in [-0.05, 0) is 25.9 Å². The summed E-state index contributed by atoms with van der Waals surface area (Å²) in [5, 5.41) is 13.2. The number of nitrogens with zero attached hydrogens (tertiary/aromatic N) is 2. The number of nitrogens with two attached hydrogens (primary N) is 1. The van der Waals surface area contributed by atoms with Gasteiger partial charge in [-0.1, -0.05) is 6.92 Å². The number of nitriles is 1. The molecule has 6 nitrogen and oxygen atoms in total. The molecule has 2 heterocycles. The van der Waals surface area contributed by atoms with Gasteiger partial charge in [-0.25, -0.2) is 4.79 Å². The van der Waals surface area contributed by atoms with E-state index in [0.29, 0.717) is 16.6 Å². The summed E-state index contributed by atoms with van der Waals surface area (Å²) >= 11 is 1.18. The zero-order valence-electron chi connectivity index (χ0n) is 12.3. The normalized spacial score (nSPS) is 18.4. The second kappa shape index (κ2) is 6.78. The van der Waals surface area contributed by atoms with Crippen molar-refractivity contribution in [1.29, 1.82) is 5.26 Å². The summed E-state index contributed by atoms with van der Waals surface area (Å²) in [6, 6.07) is 2.53. The molecular weight excluding hydrogens is 288 g/mol. The van der Waals surface area contributed by atoms with Crippen LogP contribution in [0.3, 0.4) is 0 Å². The Labute approximate surface area is 128 Å². The van der Waals surface area contributed by atoms with Crippen LogP contribution in [0.4, 0.5) is 10.7 Å². The Morgan fingerprint density at radius 3 is 3.05 bits per heavy atom. The molecule has 0 saturated carbocycles. The fourth-order valence-corrected chi connectivity index (χ4v) is 3.67. The van der Waals surface area contributed by atoms with Gasteiger partial charge in [0, 0.05) is 12.6 Å². The Balaban J connectivity index is 2.13. The number of likely N-dealkylation sites (N-methyl/N-ethyl adjacent to an activating group) is 1. The molecule has 1 aromatic rings. The number of thiophene rings is 1. The summed E-state index contributed by atoms with van der Waals surface area (Å²) in [6.07, 6.45) is 2.35. The smallest absolute Gasteiger partial charge is 0.350 e. The first-order chi connectivity index (χ1) is 10.1. The molecule has 114 valence electrons. The van der Waals surface area contributed by atoms with Crippen LogP contribution in [0.5, 0.6) is 0 Å². The lowest BCUT2D eigenvalue weighted by molar-refractivity contribution is 0.0607. The molecule has 0 bridgehead atoms. The van der Waals surface area contributed by atoms with Gasteiger partial charge >= 0.3 is 5.97 Å². The highest BCUT2D eigenvalue weighted by Crippen LogP contribution is 2.35. The fraction of sp³-hybridized carbons (Fsp3) is 0.571. The van der Waals surface area contributed by atoms with Crippen molar-refractivity contribution in [2.75, 3.05) is 37.8 Å². The van der Waals surface area contributed by atoms with Gasteiger partial charge < -0.3 is 15.8 Å². The fourth-order valence-electron chi connectivity index (χ4n) is 2.68. The third-order valence-corrected chi connectivity index (χ3v) is 4.97. The Morgan fingerprint density at radius 1 is 1.67 bits per heavy atom. The average Bonchev–Trinajstić information content (AvgIpc) is 3.07. The monoisotopic (exact) mass is 308 g/mol. The van der Waals surface area contributed by atoms with E-state index in [9.17, 15) is 10.1 Å². The first-order valence-electron chi connectivity index (χ1n) is 7.00. The number of hydrogen-bond acceptors (Lipinski definition) is 7. The maximum atomic E-state index is 11.6. The predicted octanol–water partition coefficient (Wildman–Crippen LogP) is 1.88. The van der Waals surface area contributed by atoms with Crippen LogP contribution < -0.4 is 11.1 Å². The highest BCUT2D eigenvalue weighted by Gasteiger charge is 2.25. The van der Waals surface area contributed by atoms with Gasteiger partial charge in [0.2, 0.25) is 0 Å². The standard InChI is InChI=1S/C14H20N4O2S/c1-3-18-6-4-5-9(18)8-17-13-10(7-15)11(16)12(21-13)14(19)20-2/h9,17H,3-6,8,16H2,1-2H3. The van der Waals surface area contributed by atoms with Gasteiger partial charge in [0.1, 0.15) is 21.5 Å². The lowest BCUT2D eigenvalue weighted by atomic mass is 10.2. The number of anilines is 2. The molecule has 1 unspecified atom stereocenters. The van der Waals surface area contributed by atoms with E-state index in [1.807, 2.05) is 0 Å². The first-order valence-corrected chi connectivity index (χ1v) is 7.82. The Morgan fingerprint density at radius 2 is 2.43 bits per heavy atom. The van der Waals surface area contributed by atoms with Gasteiger partial charge in [-0.3, -0.25) is 4.90 Å².